The molecule has 0 heterocycles. The van der Waals surface area contributed by atoms with Crippen LogP contribution in [-0.4, -0.2) is 11.1 Å². The fraction of sp³-hybridized carbons (Fsp3) is 0.571. The summed E-state index contributed by atoms with van der Waals surface area (Å²) in [4.78, 5) is 0. The van der Waals surface area contributed by atoms with Gasteiger partial charge in [0, 0.05) is 18.2 Å². The van der Waals surface area contributed by atoms with Gasteiger partial charge in [-0.2, -0.15) is 0 Å². The molecular weight excluding hydrogens is 278 g/mol. The highest BCUT2D eigenvalue weighted by atomic mass is 79.9. The standard InChI is InChI=1S/C14H22BrNO/c1-4-10(2)8-11(3)16-9-12-6-5-7-13(15)14(12)17/h5-7,10-11,16-17H,4,8-9H2,1-3H3. The number of phenols is 1. The van der Waals surface area contributed by atoms with Gasteiger partial charge in [0.2, 0.25) is 0 Å². The summed E-state index contributed by atoms with van der Waals surface area (Å²) in [5, 5.41) is 13.3. The monoisotopic (exact) mass is 299 g/mol. The van der Waals surface area contributed by atoms with Crippen LogP contribution >= 0.6 is 15.9 Å². The lowest BCUT2D eigenvalue weighted by molar-refractivity contribution is 0.406. The Hall–Kier alpha value is -0.540. The molecule has 3 heteroatoms. The molecule has 0 aromatic heterocycles. The Balaban J connectivity index is 2.47. The molecule has 0 aliphatic carbocycles. The van der Waals surface area contributed by atoms with Crippen molar-refractivity contribution in [3.05, 3.63) is 28.2 Å². The molecule has 0 amide bonds. The third kappa shape index (κ3) is 4.68. The largest absolute Gasteiger partial charge is 0.506 e. The highest BCUT2D eigenvalue weighted by Crippen LogP contribution is 2.27. The highest BCUT2D eigenvalue weighted by Gasteiger charge is 2.09. The predicted octanol–water partition coefficient (Wildman–Crippen LogP) is 4.07. The van der Waals surface area contributed by atoms with E-state index in [-0.39, 0.29) is 0 Å². The van der Waals surface area contributed by atoms with E-state index in [2.05, 4.69) is 42.0 Å². The highest BCUT2D eigenvalue weighted by molar-refractivity contribution is 9.10. The van der Waals surface area contributed by atoms with Crippen LogP contribution in [0.25, 0.3) is 0 Å². The van der Waals surface area contributed by atoms with Gasteiger partial charge in [0.25, 0.3) is 0 Å². The van der Waals surface area contributed by atoms with E-state index in [0.29, 0.717) is 18.3 Å². The normalized spacial score (nSPS) is 14.6. The van der Waals surface area contributed by atoms with Crippen LogP contribution in [0.2, 0.25) is 0 Å². The van der Waals surface area contributed by atoms with Crippen molar-refractivity contribution >= 4 is 15.9 Å². The summed E-state index contributed by atoms with van der Waals surface area (Å²) < 4.78 is 0.756. The Labute approximate surface area is 113 Å². The second-order valence-electron chi connectivity index (χ2n) is 4.78. The van der Waals surface area contributed by atoms with Gasteiger partial charge in [-0.05, 0) is 41.3 Å². The van der Waals surface area contributed by atoms with Crippen molar-refractivity contribution in [2.24, 2.45) is 5.92 Å². The van der Waals surface area contributed by atoms with Gasteiger partial charge in [-0.15, -0.1) is 0 Å². The first-order valence-electron chi connectivity index (χ1n) is 6.24. The van der Waals surface area contributed by atoms with E-state index in [0.717, 1.165) is 16.0 Å². The van der Waals surface area contributed by atoms with Crippen molar-refractivity contribution in [2.45, 2.75) is 46.2 Å². The number of phenolic OH excluding ortho intramolecular Hbond substituents is 1. The summed E-state index contributed by atoms with van der Waals surface area (Å²) in [6.45, 7) is 7.40. The van der Waals surface area contributed by atoms with Crippen LogP contribution in [-0.2, 0) is 6.54 Å². The SMILES string of the molecule is CCC(C)CC(C)NCc1cccc(Br)c1O. The first-order valence-corrected chi connectivity index (χ1v) is 7.03. The molecule has 2 atom stereocenters. The van der Waals surface area contributed by atoms with Crippen LogP contribution < -0.4 is 5.32 Å². The van der Waals surface area contributed by atoms with Crippen molar-refractivity contribution < 1.29 is 5.11 Å². The molecule has 0 aliphatic heterocycles. The van der Waals surface area contributed by atoms with E-state index in [1.807, 2.05) is 18.2 Å². The van der Waals surface area contributed by atoms with Gasteiger partial charge >= 0.3 is 0 Å². The zero-order chi connectivity index (χ0) is 12.8. The Bertz CT molecular complexity index is 354. The number of rotatable bonds is 6. The molecule has 17 heavy (non-hydrogen) atoms. The van der Waals surface area contributed by atoms with Crippen LogP contribution in [0.3, 0.4) is 0 Å². The summed E-state index contributed by atoms with van der Waals surface area (Å²) in [7, 11) is 0. The Morgan fingerprint density at radius 2 is 2.06 bits per heavy atom. The van der Waals surface area contributed by atoms with E-state index in [9.17, 15) is 5.11 Å². The third-order valence-corrected chi connectivity index (χ3v) is 3.80. The van der Waals surface area contributed by atoms with Crippen LogP contribution in [0, 0.1) is 5.92 Å². The van der Waals surface area contributed by atoms with E-state index in [4.69, 9.17) is 0 Å². The second-order valence-corrected chi connectivity index (χ2v) is 5.63. The van der Waals surface area contributed by atoms with E-state index >= 15 is 0 Å². The molecule has 1 rings (SSSR count). The van der Waals surface area contributed by atoms with Crippen molar-refractivity contribution in [1.29, 1.82) is 0 Å². The molecule has 0 spiro atoms. The molecule has 2 N–H and O–H groups in total. The first-order chi connectivity index (χ1) is 8.04. The van der Waals surface area contributed by atoms with Crippen LogP contribution in [0.15, 0.2) is 22.7 Å². The smallest absolute Gasteiger partial charge is 0.134 e. The molecular formula is C14H22BrNO. The van der Waals surface area contributed by atoms with Gasteiger partial charge in [-0.3, -0.25) is 0 Å². The van der Waals surface area contributed by atoms with Gasteiger partial charge in [0.1, 0.15) is 5.75 Å². The van der Waals surface area contributed by atoms with Crippen LogP contribution in [0.1, 0.15) is 39.2 Å². The number of halogens is 1. The summed E-state index contributed by atoms with van der Waals surface area (Å²) >= 11 is 3.33. The lowest BCUT2D eigenvalue weighted by atomic mass is 10.0. The Kier molecular flexibility index (Phi) is 6.00. The third-order valence-electron chi connectivity index (χ3n) is 3.16. The molecule has 0 aliphatic rings. The Morgan fingerprint density at radius 3 is 2.71 bits per heavy atom. The molecule has 0 saturated carbocycles. The zero-order valence-electron chi connectivity index (χ0n) is 10.8. The Morgan fingerprint density at radius 1 is 1.35 bits per heavy atom. The summed E-state index contributed by atoms with van der Waals surface area (Å²) in [6, 6.07) is 6.22. The number of para-hydroxylation sites is 1. The second kappa shape index (κ2) is 7.02. The number of benzene rings is 1. The number of hydrogen-bond donors (Lipinski definition) is 2. The minimum absolute atomic E-state index is 0.343. The minimum atomic E-state index is 0.343. The summed E-state index contributed by atoms with van der Waals surface area (Å²) in [5.41, 5.74) is 0.940. The molecule has 0 fully saturated rings. The average molecular weight is 300 g/mol. The van der Waals surface area contributed by atoms with Crippen molar-refractivity contribution in [3.63, 3.8) is 0 Å². The molecule has 2 nitrogen and oxygen atoms in total. The molecule has 0 bridgehead atoms. The fourth-order valence-electron chi connectivity index (χ4n) is 1.84. The van der Waals surface area contributed by atoms with Gasteiger partial charge in [0.05, 0.1) is 4.47 Å². The quantitative estimate of drug-likeness (QED) is 0.830. The topological polar surface area (TPSA) is 32.3 Å². The van der Waals surface area contributed by atoms with Gasteiger partial charge in [-0.1, -0.05) is 32.4 Å². The predicted molar refractivity (Wildman–Crippen MR) is 76.2 cm³/mol. The average Bonchev–Trinajstić information content (AvgIpc) is 2.31. The molecule has 0 saturated heterocycles. The summed E-state index contributed by atoms with van der Waals surface area (Å²) in [6.07, 6.45) is 2.39. The molecule has 0 radical (unpaired) electrons. The van der Waals surface area contributed by atoms with Crippen LogP contribution in [0.5, 0.6) is 5.75 Å². The van der Waals surface area contributed by atoms with Crippen molar-refractivity contribution in [1.82, 2.24) is 5.32 Å². The lowest BCUT2D eigenvalue weighted by Gasteiger charge is -2.18. The zero-order valence-corrected chi connectivity index (χ0v) is 12.4. The van der Waals surface area contributed by atoms with E-state index < -0.39 is 0 Å². The van der Waals surface area contributed by atoms with Crippen molar-refractivity contribution in [2.75, 3.05) is 0 Å². The molecule has 1 aromatic rings. The minimum Gasteiger partial charge on any atom is -0.506 e. The van der Waals surface area contributed by atoms with E-state index in [1.54, 1.807) is 0 Å². The van der Waals surface area contributed by atoms with Gasteiger partial charge in [-0.25, -0.2) is 0 Å². The number of aromatic hydroxyl groups is 1. The van der Waals surface area contributed by atoms with Crippen LogP contribution in [0.4, 0.5) is 0 Å². The summed E-state index contributed by atoms with van der Waals surface area (Å²) in [5.74, 6) is 1.09. The molecule has 2 unspecified atom stereocenters. The fourth-order valence-corrected chi connectivity index (χ4v) is 2.25. The van der Waals surface area contributed by atoms with Gasteiger partial charge < -0.3 is 10.4 Å². The first kappa shape index (κ1) is 14.5. The maximum absolute atomic E-state index is 9.85. The lowest BCUT2D eigenvalue weighted by Crippen LogP contribution is -2.27. The van der Waals surface area contributed by atoms with Gasteiger partial charge in [0.15, 0.2) is 0 Å². The van der Waals surface area contributed by atoms with E-state index in [1.165, 1.54) is 12.8 Å². The molecule has 1 aromatic carbocycles. The maximum Gasteiger partial charge on any atom is 0.134 e. The van der Waals surface area contributed by atoms with Crippen molar-refractivity contribution in [3.8, 4) is 5.75 Å². The number of nitrogens with one attached hydrogen (secondary N) is 1. The molecule has 96 valence electrons. The number of hydrogen-bond acceptors (Lipinski definition) is 2. The maximum atomic E-state index is 9.85.